The molecule has 1 saturated heterocycles. The molecule has 0 spiro atoms. The number of rotatable bonds is 4. The molecule has 1 aromatic carbocycles. The minimum absolute atomic E-state index is 0.113. The van der Waals surface area contributed by atoms with Crippen molar-refractivity contribution in [3.8, 4) is 0 Å². The molecule has 4 heteroatoms. The fourth-order valence-corrected chi connectivity index (χ4v) is 2.62. The quantitative estimate of drug-likeness (QED) is 0.906. The van der Waals surface area contributed by atoms with Crippen molar-refractivity contribution in [1.82, 2.24) is 4.90 Å². The van der Waals surface area contributed by atoms with Gasteiger partial charge in [0.1, 0.15) is 0 Å². The van der Waals surface area contributed by atoms with Gasteiger partial charge in [0, 0.05) is 13.0 Å². The Hall–Kier alpha value is -1.84. The molecule has 102 valence electrons. The van der Waals surface area contributed by atoms with Crippen molar-refractivity contribution >= 4 is 11.9 Å². The van der Waals surface area contributed by atoms with Crippen LogP contribution in [-0.4, -0.2) is 28.4 Å². The van der Waals surface area contributed by atoms with E-state index in [4.69, 9.17) is 5.11 Å². The summed E-state index contributed by atoms with van der Waals surface area (Å²) < 4.78 is 0. The third kappa shape index (κ3) is 2.95. The second-order valence-electron chi connectivity index (χ2n) is 4.92. The first kappa shape index (κ1) is 13.6. The van der Waals surface area contributed by atoms with Gasteiger partial charge in [0.2, 0.25) is 5.91 Å². The molecule has 0 saturated carbocycles. The van der Waals surface area contributed by atoms with E-state index in [9.17, 15) is 9.59 Å². The predicted octanol–water partition coefficient (Wildman–Crippen LogP) is 2.85. The highest BCUT2D eigenvalue weighted by molar-refractivity contribution is 5.87. The molecule has 1 aromatic rings. The molecule has 1 aliphatic rings. The monoisotopic (exact) mass is 261 g/mol. The molecule has 1 N–H and O–H groups in total. The molecule has 1 amide bonds. The maximum Gasteiger partial charge on any atom is 0.335 e. The number of carbonyl (C=O) groups is 2. The summed E-state index contributed by atoms with van der Waals surface area (Å²) in [6, 6.07) is 6.98. The number of amides is 1. The lowest BCUT2D eigenvalue weighted by Gasteiger charge is -2.25. The van der Waals surface area contributed by atoms with Crippen LogP contribution in [-0.2, 0) is 4.79 Å². The highest BCUT2D eigenvalue weighted by Crippen LogP contribution is 2.32. The van der Waals surface area contributed by atoms with Gasteiger partial charge in [0.25, 0.3) is 0 Å². The maximum atomic E-state index is 12.0. The normalized spacial score (nSPS) is 18.6. The van der Waals surface area contributed by atoms with E-state index in [1.54, 1.807) is 12.1 Å². The van der Waals surface area contributed by atoms with Gasteiger partial charge in [0.15, 0.2) is 0 Å². The van der Waals surface area contributed by atoms with Crippen molar-refractivity contribution < 1.29 is 14.7 Å². The van der Waals surface area contributed by atoms with Gasteiger partial charge in [-0.1, -0.05) is 19.1 Å². The average Bonchev–Trinajstić information content (AvgIpc) is 2.88. The van der Waals surface area contributed by atoms with Gasteiger partial charge in [-0.25, -0.2) is 4.79 Å². The lowest BCUT2D eigenvalue weighted by atomic mass is 10.0. The van der Waals surface area contributed by atoms with E-state index < -0.39 is 5.97 Å². The first-order valence-corrected chi connectivity index (χ1v) is 6.76. The zero-order valence-corrected chi connectivity index (χ0v) is 11.1. The van der Waals surface area contributed by atoms with E-state index in [1.807, 2.05) is 24.0 Å². The molecule has 19 heavy (non-hydrogen) atoms. The Morgan fingerprint density at radius 2 is 2.00 bits per heavy atom. The Morgan fingerprint density at radius 1 is 1.32 bits per heavy atom. The molecule has 2 rings (SSSR count). The van der Waals surface area contributed by atoms with Crippen LogP contribution in [0.15, 0.2) is 24.3 Å². The molecule has 0 aliphatic carbocycles. The van der Waals surface area contributed by atoms with Crippen LogP contribution in [0.3, 0.4) is 0 Å². The van der Waals surface area contributed by atoms with Gasteiger partial charge in [-0.05, 0) is 37.0 Å². The molecule has 4 nitrogen and oxygen atoms in total. The Kier molecular flexibility index (Phi) is 4.20. The zero-order chi connectivity index (χ0) is 13.8. The van der Waals surface area contributed by atoms with E-state index in [2.05, 4.69) is 0 Å². The van der Waals surface area contributed by atoms with Crippen LogP contribution in [0.2, 0.25) is 0 Å². The molecule has 1 fully saturated rings. The summed E-state index contributed by atoms with van der Waals surface area (Å²) in [6.07, 6.45) is 3.42. The number of hydrogen-bond acceptors (Lipinski definition) is 2. The summed E-state index contributed by atoms with van der Waals surface area (Å²) >= 11 is 0. The lowest BCUT2D eigenvalue weighted by Crippen LogP contribution is -2.30. The Labute approximate surface area is 113 Å². The molecule has 1 aliphatic heterocycles. The predicted molar refractivity (Wildman–Crippen MR) is 72.0 cm³/mol. The van der Waals surface area contributed by atoms with Crippen molar-refractivity contribution in [1.29, 1.82) is 0 Å². The van der Waals surface area contributed by atoms with E-state index in [0.29, 0.717) is 6.42 Å². The summed E-state index contributed by atoms with van der Waals surface area (Å²) in [4.78, 5) is 24.8. The van der Waals surface area contributed by atoms with Crippen molar-refractivity contribution in [2.75, 3.05) is 6.54 Å². The smallest absolute Gasteiger partial charge is 0.335 e. The molecule has 0 aromatic heterocycles. The summed E-state index contributed by atoms with van der Waals surface area (Å²) in [6.45, 7) is 2.81. The van der Waals surface area contributed by atoms with Crippen molar-refractivity contribution in [3.63, 3.8) is 0 Å². The highest BCUT2D eigenvalue weighted by atomic mass is 16.4. The van der Waals surface area contributed by atoms with Crippen molar-refractivity contribution in [2.45, 2.75) is 38.6 Å². The minimum Gasteiger partial charge on any atom is -0.478 e. The Morgan fingerprint density at radius 3 is 2.58 bits per heavy atom. The number of likely N-dealkylation sites (tertiary alicyclic amines) is 1. The molecule has 1 unspecified atom stereocenters. The second kappa shape index (κ2) is 5.87. The van der Waals surface area contributed by atoms with Gasteiger partial charge < -0.3 is 10.0 Å². The van der Waals surface area contributed by atoms with Crippen LogP contribution in [0.5, 0.6) is 0 Å². The molecule has 1 heterocycles. The minimum atomic E-state index is -0.920. The van der Waals surface area contributed by atoms with Crippen LogP contribution < -0.4 is 0 Å². The summed E-state index contributed by atoms with van der Waals surface area (Å²) in [5.74, 6) is -0.718. The number of carboxylic acid groups (broad SMARTS) is 1. The van der Waals surface area contributed by atoms with Gasteiger partial charge in [0.05, 0.1) is 11.6 Å². The number of hydrogen-bond donors (Lipinski definition) is 1. The van der Waals surface area contributed by atoms with Gasteiger partial charge in [-0.2, -0.15) is 0 Å². The van der Waals surface area contributed by atoms with Crippen molar-refractivity contribution in [2.24, 2.45) is 0 Å². The van der Waals surface area contributed by atoms with Gasteiger partial charge >= 0.3 is 5.97 Å². The molecule has 1 atom stereocenters. The summed E-state index contributed by atoms with van der Waals surface area (Å²) in [7, 11) is 0. The Bertz CT molecular complexity index is 467. The fraction of sp³-hybridized carbons (Fsp3) is 0.467. The standard InChI is InChI=1S/C15H19NO3/c1-2-4-14(17)16-10-3-5-13(16)11-6-8-12(9-7-11)15(18)19/h6-9,13H,2-5,10H2,1H3,(H,18,19). The molecule has 0 bridgehead atoms. The first-order valence-electron chi connectivity index (χ1n) is 6.76. The molecular weight excluding hydrogens is 242 g/mol. The number of carboxylic acids is 1. The van der Waals surface area contributed by atoms with Crippen LogP contribution in [0.1, 0.15) is 54.6 Å². The molecular formula is C15H19NO3. The number of carbonyl (C=O) groups excluding carboxylic acids is 1. The Balaban J connectivity index is 2.15. The van der Waals surface area contributed by atoms with E-state index in [0.717, 1.165) is 31.4 Å². The molecule has 0 radical (unpaired) electrons. The summed E-state index contributed by atoms with van der Waals surface area (Å²) in [5, 5.41) is 8.89. The van der Waals surface area contributed by atoms with Crippen LogP contribution in [0.25, 0.3) is 0 Å². The zero-order valence-electron chi connectivity index (χ0n) is 11.1. The van der Waals surface area contributed by atoms with E-state index >= 15 is 0 Å². The van der Waals surface area contributed by atoms with E-state index in [1.165, 1.54) is 0 Å². The van der Waals surface area contributed by atoms with Crippen LogP contribution in [0.4, 0.5) is 0 Å². The third-order valence-corrected chi connectivity index (χ3v) is 3.58. The van der Waals surface area contributed by atoms with Gasteiger partial charge in [-0.3, -0.25) is 4.79 Å². The second-order valence-corrected chi connectivity index (χ2v) is 4.92. The fourth-order valence-electron chi connectivity index (χ4n) is 2.62. The van der Waals surface area contributed by atoms with Gasteiger partial charge in [-0.15, -0.1) is 0 Å². The number of benzene rings is 1. The average molecular weight is 261 g/mol. The van der Waals surface area contributed by atoms with Crippen LogP contribution in [0, 0.1) is 0 Å². The maximum absolute atomic E-state index is 12.0. The van der Waals surface area contributed by atoms with E-state index in [-0.39, 0.29) is 17.5 Å². The SMILES string of the molecule is CCCC(=O)N1CCCC1c1ccc(C(=O)O)cc1. The van der Waals surface area contributed by atoms with Crippen molar-refractivity contribution in [3.05, 3.63) is 35.4 Å². The number of aromatic carboxylic acids is 1. The number of nitrogens with zero attached hydrogens (tertiary/aromatic N) is 1. The van der Waals surface area contributed by atoms with Crippen LogP contribution >= 0.6 is 0 Å². The third-order valence-electron chi connectivity index (χ3n) is 3.58. The largest absolute Gasteiger partial charge is 0.478 e. The topological polar surface area (TPSA) is 57.6 Å². The lowest BCUT2D eigenvalue weighted by molar-refractivity contribution is -0.132. The highest BCUT2D eigenvalue weighted by Gasteiger charge is 2.29. The first-order chi connectivity index (χ1) is 9.13. The summed E-state index contributed by atoms with van der Waals surface area (Å²) in [5.41, 5.74) is 1.32.